The molecule has 1 aromatic rings. The normalized spacial score (nSPS) is 17.4. The first-order valence-electron chi connectivity index (χ1n) is 8.89. The molecule has 0 saturated carbocycles. The maximum absolute atomic E-state index is 12.7. The summed E-state index contributed by atoms with van der Waals surface area (Å²) in [7, 11) is 0. The molecule has 1 saturated heterocycles. The third kappa shape index (κ3) is 4.16. The highest BCUT2D eigenvalue weighted by Crippen LogP contribution is 2.29. The first-order chi connectivity index (χ1) is 11.3. The molecule has 0 bridgehead atoms. The van der Waals surface area contributed by atoms with Crippen LogP contribution >= 0.6 is 0 Å². The Kier molecular flexibility index (Phi) is 6.02. The summed E-state index contributed by atoms with van der Waals surface area (Å²) >= 11 is 0. The van der Waals surface area contributed by atoms with Crippen molar-refractivity contribution in [2.75, 3.05) is 13.1 Å². The fourth-order valence-corrected chi connectivity index (χ4v) is 3.36. The second-order valence-corrected chi connectivity index (χ2v) is 7.31. The number of nitrogens with zero attached hydrogens (tertiary/aromatic N) is 3. The molecule has 0 aromatic carbocycles. The number of piperidine rings is 1. The summed E-state index contributed by atoms with van der Waals surface area (Å²) in [5.74, 6) is 1.48. The van der Waals surface area contributed by atoms with E-state index in [1.165, 1.54) is 6.92 Å². The van der Waals surface area contributed by atoms with E-state index < -0.39 is 6.04 Å². The highest BCUT2D eigenvalue weighted by molar-refractivity contribution is 5.87. The minimum atomic E-state index is -0.434. The van der Waals surface area contributed by atoms with Crippen molar-refractivity contribution in [3.8, 4) is 0 Å². The van der Waals surface area contributed by atoms with Crippen LogP contribution in [0.25, 0.3) is 0 Å². The van der Waals surface area contributed by atoms with E-state index in [4.69, 9.17) is 0 Å². The molecule has 0 radical (unpaired) electrons. The Balaban J connectivity index is 2.00. The third-order valence-electron chi connectivity index (χ3n) is 4.72. The largest absolute Gasteiger partial charge is 0.344 e. The lowest BCUT2D eigenvalue weighted by molar-refractivity contribution is -0.138. The van der Waals surface area contributed by atoms with Crippen LogP contribution in [0.1, 0.15) is 65.2 Å². The standard InChI is InChI=1S/C18H30N4O2/c1-12(2)16(20-14(5)23)18(24)21-9-6-15(7-10-21)17-19-8-11-22(17)13(3)4/h8,11-13,15-16H,6-7,9-10H2,1-5H3,(H,20,23). The topological polar surface area (TPSA) is 67.2 Å². The van der Waals surface area contributed by atoms with Crippen LogP contribution in [-0.4, -0.2) is 45.4 Å². The van der Waals surface area contributed by atoms with Gasteiger partial charge < -0.3 is 14.8 Å². The summed E-state index contributed by atoms with van der Waals surface area (Å²) in [4.78, 5) is 30.5. The van der Waals surface area contributed by atoms with Crippen LogP contribution in [0, 0.1) is 5.92 Å². The van der Waals surface area contributed by atoms with Gasteiger partial charge >= 0.3 is 0 Å². The number of carbonyl (C=O) groups is 2. The van der Waals surface area contributed by atoms with Gasteiger partial charge in [0.15, 0.2) is 0 Å². The Hall–Kier alpha value is -1.85. The van der Waals surface area contributed by atoms with Crippen LogP contribution in [0.5, 0.6) is 0 Å². The molecule has 2 amide bonds. The first kappa shape index (κ1) is 18.5. The third-order valence-corrected chi connectivity index (χ3v) is 4.72. The number of hydrogen-bond donors (Lipinski definition) is 1. The average Bonchev–Trinajstić information content (AvgIpc) is 3.01. The van der Waals surface area contributed by atoms with E-state index in [2.05, 4.69) is 28.7 Å². The van der Waals surface area contributed by atoms with Crippen LogP contribution in [0.4, 0.5) is 0 Å². The van der Waals surface area contributed by atoms with Crippen molar-refractivity contribution < 1.29 is 9.59 Å². The Morgan fingerprint density at radius 1 is 1.21 bits per heavy atom. The van der Waals surface area contributed by atoms with Crippen LogP contribution in [-0.2, 0) is 9.59 Å². The molecule has 24 heavy (non-hydrogen) atoms. The minimum absolute atomic E-state index is 0.0332. The second kappa shape index (κ2) is 7.81. The molecule has 6 nitrogen and oxygen atoms in total. The van der Waals surface area contributed by atoms with E-state index in [0.717, 1.165) is 31.8 Å². The predicted octanol–water partition coefficient (Wildman–Crippen LogP) is 2.33. The van der Waals surface area contributed by atoms with Crippen molar-refractivity contribution in [2.24, 2.45) is 5.92 Å². The summed E-state index contributed by atoms with van der Waals surface area (Å²) in [6.07, 6.45) is 5.72. The number of amides is 2. The van der Waals surface area contributed by atoms with Crippen molar-refractivity contribution in [2.45, 2.75) is 65.5 Å². The van der Waals surface area contributed by atoms with Crippen LogP contribution < -0.4 is 5.32 Å². The lowest BCUT2D eigenvalue weighted by Gasteiger charge is -2.35. The molecule has 1 atom stereocenters. The van der Waals surface area contributed by atoms with Gasteiger partial charge in [-0.05, 0) is 32.6 Å². The molecule has 1 N–H and O–H groups in total. The summed E-state index contributed by atoms with van der Waals surface area (Å²) < 4.78 is 2.22. The second-order valence-electron chi connectivity index (χ2n) is 7.31. The zero-order chi connectivity index (χ0) is 17.9. The highest BCUT2D eigenvalue weighted by atomic mass is 16.2. The van der Waals surface area contributed by atoms with E-state index in [-0.39, 0.29) is 17.7 Å². The van der Waals surface area contributed by atoms with Gasteiger partial charge in [-0.15, -0.1) is 0 Å². The van der Waals surface area contributed by atoms with Gasteiger partial charge in [0, 0.05) is 44.4 Å². The first-order valence-corrected chi connectivity index (χ1v) is 8.89. The highest BCUT2D eigenvalue weighted by Gasteiger charge is 2.32. The molecule has 1 aliphatic rings. The molecule has 1 unspecified atom stereocenters. The van der Waals surface area contributed by atoms with Crippen LogP contribution in [0.3, 0.4) is 0 Å². The molecule has 1 aliphatic heterocycles. The zero-order valence-corrected chi connectivity index (χ0v) is 15.5. The molecule has 6 heteroatoms. The number of carbonyl (C=O) groups excluding carboxylic acids is 2. The summed E-state index contributed by atoms with van der Waals surface area (Å²) in [6, 6.07) is -0.0380. The van der Waals surface area contributed by atoms with Crippen molar-refractivity contribution in [1.82, 2.24) is 19.8 Å². The Bertz CT molecular complexity index is 571. The van der Waals surface area contributed by atoms with Gasteiger partial charge in [-0.3, -0.25) is 9.59 Å². The lowest BCUT2D eigenvalue weighted by Crippen LogP contribution is -2.52. The van der Waals surface area contributed by atoms with Crippen molar-refractivity contribution >= 4 is 11.8 Å². The number of nitrogens with one attached hydrogen (secondary N) is 1. The van der Waals surface area contributed by atoms with Crippen LogP contribution in [0.15, 0.2) is 12.4 Å². The van der Waals surface area contributed by atoms with Gasteiger partial charge in [0.1, 0.15) is 11.9 Å². The molecular formula is C18H30N4O2. The molecule has 1 fully saturated rings. The fraction of sp³-hybridized carbons (Fsp3) is 0.722. The Morgan fingerprint density at radius 2 is 1.83 bits per heavy atom. The van der Waals surface area contributed by atoms with E-state index >= 15 is 0 Å². The molecule has 0 aliphatic carbocycles. The Labute approximate surface area is 144 Å². The number of likely N-dealkylation sites (tertiary alicyclic amines) is 1. The van der Waals surface area contributed by atoms with Crippen molar-refractivity contribution in [3.63, 3.8) is 0 Å². The summed E-state index contributed by atoms with van der Waals surface area (Å²) in [5.41, 5.74) is 0. The fourth-order valence-electron chi connectivity index (χ4n) is 3.36. The van der Waals surface area contributed by atoms with Gasteiger partial charge in [0.2, 0.25) is 11.8 Å². The SMILES string of the molecule is CC(=O)NC(C(=O)N1CCC(c2nccn2C(C)C)CC1)C(C)C. The van der Waals surface area contributed by atoms with Gasteiger partial charge in [-0.1, -0.05) is 13.8 Å². The molecular weight excluding hydrogens is 304 g/mol. The predicted molar refractivity (Wildman–Crippen MR) is 93.6 cm³/mol. The van der Waals surface area contributed by atoms with Gasteiger partial charge in [-0.25, -0.2) is 4.98 Å². The summed E-state index contributed by atoms with van der Waals surface area (Å²) in [5, 5.41) is 2.79. The van der Waals surface area contributed by atoms with Gasteiger partial charge in [-0.2, -0.15) is 0 Å². The van der Waals surface area contributed by atoms with E-state index in [1.807, 2.05) is 31.1 Å². The summed E-state index contributed by atoms with van der Waals surface area (Å²) in [6.45, 7) is 11.1. The molecule has 0 spiro atoms. The molecule has 1 aromatic heterocycles. The average molecular weight is 334 g/mol. The van der Waals surface area contributed by atoms with E-state index in [1.54, 1.807) is 0 Å². The van der Waals surface area contributed by atoms with Crippen LogP contribution in [0.2, 0.25) is 0 Å². The molecule has 2 heterocycles. The number of hydrogen-bond acceptors (Lipinski definition) is 3. The number of aromatic nitrogens is 2. The Morgan fingerprint density at radius 3 is 2.33 bits per heavy atom. The van der Waals surface area contributed by atoms with Crippen molar-refractivity contribution in [3.05, 3.63) is 18.2 Å². The van der Waals surface area contributed by atoms with Gasteiger partial charge in [0.25, 0.3) is 0 Å². The van der Waals surface area contributed by atoms with Gasteiger partial charge in [0.05, 0.1) is 0 Å². The van der Waals surface area contributed by atoms with E-state index in [9.17, 15) is 9.59 Å². The van der Waals surface area contributed by atoms with Crippen molar-refractivity contribution in [1.29, 1.82) is 0 Å². The molecule has 134 valence electrons. The number of rotatable bonds is 5. The quantitative estimate of drug-likeness (QED) is 0.898. The maximum Gasteiger partial charge on any atom is 0.245 e. The van der Waals surface area contributed by atoms with E-state index in [0.29, 0.717) is 12.0 Å². The maximum atomic E-state index is 12.7. The smallest absolute Gasteiger partial charge is 0.245 e. The minimum Gasteiger partial charge on any atom is -0.344 e. The monoisotopic (exact) mass is 334 g/mol. The number of imidazole rings is 1. The molecule has 2 rings (SSSR count). The zero-order valence-electron chi connectivity index (χ0n) is 15.5. The lowest BCUT2D eigenvalue weighted by atomic mass is 9.94.